The number of rotatable bonds is 7. The largest absolute Gasteiger partial charge is 0.494 e. The predicted molar refractivity (Wildman–Crippen MR) is 98.9 cm³/mol. The van der Waals surface area contributed by atoms with Crippen LogP contribution in [-0.4, -0.2) is 13.2 Å². The first-order valence-corrected chi connectivity index (χ1v) is 8.56. The lowest BCUT2D eigenvalue weighted by atomic mass is 10.1. The summed E-state index contributed by atoms with van der Waals surface area (Å²) in [6.45, 7) is 1.10. The molecule has 4 aromatic rings. The Bertz CT molecular complexity index is 1060. The van der Waals surface area contributed by atoms with E-state index in [1.54, 1.807) is 12.3 Å². The van der Waals surface area contributed by atoms with E-state index in [-0.39, 0.29) is 0 Å². The van der Waals surface area contributed by atoms with Gasteiger partial charge in [-0.25, -0.2) is 4.79 Å². The highest BCUT2D eigenvalue weighted by atomic mass is 16.5. The molecule has 2 aromatic carbocycles. The van der Waals surface area contributed by atoms with Gasteiger partial charge in [0.15, 0.2) is 11.2 Å². The molecule has 0 unspecified atom stereocenters. The lowest BCUT2D eigenvalue weighted by Gasteiger charge is -2.09. The predicted octanol–water partition coefficient (Wildman–Crippen LogP) is 4.78. The summed E-state index contributed by atoms with van der Waals surface area (Å²) in [7, 11) is 0. The molecule has 0 saturated heterocycles. The number of para-hydroxylation sites is 1. The van der Waals surface area contributed by atoms with E-state index in [2.05, 4.69) is 0 Å². The third-order valence-electron chi connectivity index (χ3n) is 4.08. The van der Waals surface area contributed by atoms with E-state index in [4.69, 9.17) is 18.3 Å². The van der Waals surface area contributed by atoms with E-state index >= 15 is 0 Å². The second-order valence-corrected chi connectivity index (χ2v) is 5.93. The van der Waals surface area contributed by atoms with Gasteiger partial charge in [-0.1, -0.05) is 18.2 Å². The second kappa shape index (κ2) is 7.35. The smallest absolute Gasteiger partial charge is 0.336 e. The molecule has 0 spiro atoms. The molecule has 0 atom stereocenters. The van der Waals surface area contributed by atoms with E-state index in [1.807, 2.05) is 42.5 Å². The standard InChI is InChI=1S/C21H18O5/c22-18-9-8-15-14-16-10-13-25-19(16)21(20(15)26-18)24-12-5-4-11-23-17-6-2-1-3-7-17/h1-3,6-10,13-14H,4-5,11-12H2. The maximum atomic E-state index is 11.6. The molecular formula is C21H18O5. The van der Waals surface area contributed by atoms with Crippen LogP contribution in [-0.2, 0) is 0 Å². The molecule has 2 heterocycles. The number of furan rings is 1. The zero-order valence-corrected chi connectivity index (χ0v) is 14.1. The average Bonchev–Trinajstić information content (AvgIpc) is 3.13. The summed E-state index contributed by atoms with van der Waals surface area (Å²) < 4.78 is 22.4. The first-order chi connectivity index (χ1) is 12.8. The maximum absolute atomic E-state index is 11.6. The lowest BCUT2D eigenvalue weighted by molar-refractivity contribution is 0.266. The summed E-state index contributed by atoms with van der Waals surface area (Å²) in [6, 6.07) is 16.6. The molecule has 0 aliphatic carbocycles. The molecule has 0 N–H and O–H groups in total. The van der Waals surface area contributed by atoms with Gasteiger partial charge in [-0.3, -0.25) is 0 Å². The van der Waals surface area contributed by atoms with Crippen LogP contribution in [0.4, 0.5) is 0 Å². The van der Waals surface area contributed by atoms with Crippen molar-refractivity contribution in [3.8, 4) is 11.5 Å². The molecule has 0 amide bonds. The van der Waals surface area contributed by atoms with Crippen molar-refractivity contribution >= 4 is 21.9 Å². The van der Waals surface area contributed by atoms with Gasteiger partial charge in [0, 0.05) is 16.8 Å². The highest BCUT2D eigenvalue weighted by Gasteiger charge is 2.14. The Morgan fingerprint density at radius 2 is 1.58 bits per heavy atom. The van der Waals surface area contributed by atoms with Crippen LogP contribution in [0.3, 0.4) is 0 Å². The van der Waals surface area contributed by atoms with Crippen LogP contribution in [0, 0.1) is 0 Å². The first kappa shape index (κ1) is 16.3. The SMILES string of the molecule is O=c1ccc2cc3ccoc3c(OCCCCOc3ccccc3)c2o1. The van der Waals surface area contributed by atoms with Crippen molar-refractivity contribution in [2.45, 2.75) is 12.8 Å². The van der Waals surface area contributed by atoms with Crippen molar-refractivity contribution in [3.63, 3.8) is 0 Å². The normalized spacial score (nSPS) is 11.1. The number of hydrogen-bond donors (Lipinski definition) is 0. The Morgan fingerprint density at radius 3 is 2.42 bits per heavy atom. The molecule has 132 valence electrons. The van der Waals surface area contributed by atoms with E-state index in [1.165, 1.54) is 6.07 Å². The van der Waals surface area contributed by atoms with E-state index in [0.29, 0.717) is 30.1 Å². The van der Waals surface area contributed by atoms with E-state index < -0.39 is 5.63 Å². The van der Waals surface area contributed by atoms with Gasteiger partial charge in [0.05, 0.1) is 19.5 Å². The van der Waals surface area contributed by atoms with Crippen LogP contribution in [0.2, 0.25) is 0 Å². The minimum atomic E-state index is -0.412. The molecule has 5 nitrogen and oxygen atoms in total. The molecule has 26 heavy (non-hydrogen) atoms. The highest BCUT2D eigenvalue weighted by Crippen LogP contribution is 2.35. The fraction of sp³-hybridized carbons (Fsp3) is 0.190. The summed E-state index contributed by atoms with van der Waals surface area (Å²) in [5, 5.41) is 1.72. The van der Waals surface area contributed by atoms with Crippen molar-refractivity contribution in [1.29, 1.82) is 0 Å². The molecule has 0 radical (unpaired) electrons. The minimum absolute atomic E-state index is 0.412. The maximum Gasteiger partial charge on any atom is 0.336 e. The van der Waals surface area contributed by atoms with Crippen LogP contribution < -0.4 is 15.1 Å². The molecule has 0 fully saturated rings. The van der Waals surface area contributed by atoms with Crippen LogP contribution in [0.25, 0.3) is 21.9 Å². The van der Waals surface area contributed by atoms with Gasteiger partial charge >= 0.3 is 5.63 Å². The summed E-state index contributed by atoms with van der Waals surface area (Å²) in [5.74, 6) is 1.34. The van der Waals surface area contributed by atoms with Crippen LogP contribution >= 0.6 is 0 Å². The van der Waals surface area contributed by atoms with Crippen LogP contribution in [0.15, 0.2) is 74.5 Å². The van der Waals surface area contributed by atoms with Gasteiger partial charge < -0.3 is 18.3 Å². The zero-order chi connectivity index (χ0) is 17.8. The van der Waals surface area contributed by atoms with Crippen molar-refractivity contribution in [2.75, 3.05) is 13.2 Å². The van der Waals surface area contributed by atoms with Crippen LogP contribution in [0.5, 0.6) is 11.5 Å². The van der Waals surface area contributed by atoms with Crippen molar-refractivity contribution < 1.29 is 18.3 Å². The molecule has 0 aliphatic heterocycles. The topological polar surface area (TPSA) is 61.8 Å². The highest BCUT2D eigenvalue weighted by molar-refractivity contribution is 5.99. The van der Waals surface area contributed by atoms with E-state index in [0.717, 1.165) is 29.4 Å². The van der Waals surface area contributed by atoms with Gasteiger partial charge in [0.25, 0.3) is 0 Å². The number of fused-ring (bicyclic) bond motifs is 2. The Labute approximate surface area is 149 Å². The van der Waals surface area contributed by atoms with Gasteiger partial charge in [0.2, 0.25) is 5.75 Å². The molecule has 2 aromatic heterocycles. The fourth-order valence-electron chi connectivity index (χ4n) is 2.82. The molecular weight excluding hydrogens is 332 g/mol. The van der Waals surface area contributed by atoms with Crippen molar-refractivity contribution in [3.05, 3.63) is 71.3 Å². The van der Waals surface area contributed by atoms with Gasteiger partial charge in [-0.15, -0.1) is 0 Å². The molecule has 0 aliphatic rings. The summed E-state index contributed by atoms with van der Waals surface area (Å²) >= 11 is 0. The Morgan fingerprint density at radius 1 is 0.808 bits per heavy atom. The number of hydrogen-bond acceptors (Lipinski definition) is 5. The number of benzene rings is 2. The van der Waals surface area contributed by atoms with Crippen molar-refractivity contribution in [1.82, 2.24) is 0 Å². The zero-order valence-electron chi connectivity index (χ0n) is 14.1. The van der Waals surface area contributed by atoms with Crippen molar-refractivity contribution in [2.24, 2.45) is 0 Å². The van der Waals surface area contributed by atoms with Gasteiger partial charge in [-0.05, 0) is 43.2 Å². The number of ether oxygens (including phenoxy) is 2. The summed E-state index contributed by atoms with van der Waals surface area (Å²) in [5.41, 5.74) is 0.595. The third kappa shape index (κ3) is 3.42. The van der Waals surface area contributed by atoms with Gasteiger partial charge in [0.1, 0.15) is 5.75 Å². The summed E-state index contributed by atoms with van der Waals surface area (Å²) in [6.07, 6.45) is 3.26. The monoisotopic (exact) mass is 350 g/mol. The fourth-order valence-corrected chi connectivity index (χ4v) is 2.82. The molecule has 5 heteroatoms. The third-order valence-corrected chi connectivity index (χ3v) is 4.08. The van der Waals surface area contributed by atoms with Gasteiger partial charge in [-0.2, -0.15) is 0 Å². The quantitative estimate of drug-likeness (QED) is 0.355. The Hall–Kier alpha value is -3.21. The lowest BCUT2D eigenvalue weighted by Crippen LogP contribution is -2.04. The first-order valence-electron chi connectivity index (χ1n) is 8.56. The molecule has 4 rings (SSSR count). The molecule has 0 saturated carbocycles. The Kier molecular flexibility index (Phi) is 4.60. The molecule has 0 bridgehead atoms. The van der Waals surface area contributed by atoms with Crippen LogP contribution in [0.1, 0.15) is 12.8 Å². The minimum Gasteiger partial charge on any atom is -0.494 e. The van der Waals surface area contributed by atoms with E-state index in [9.17, 15) is 4.79 Å². The summed E-state index contributed by atoms with van der Waals surface area (Å²) in [4.78, 5) is 11.6. The second-order valence-electron chi connectivity index (χ2n) is 5.93. The average molecular weight is 350 g/mol. The Balaban J connectivity index is 1.42. The number of unbranched alkanes of at least 4 members (excludes halogenated alkanes) is 1.